The third-order valence-corrected chi connectivity index (χ3v) is 2.81. The van der Waals surface area contributed by atoms with E-state index >= 15 is 0 Å². The predicted octanol–water partition coefficient (Wildman–Crippen LogP) is 0.459. The number of hydrogen-bond donors (Lipinski definition) is 3. The summed E-state index contributed by atoms with van der Waals surface area (Å²) in [6, 6.07) is 5.02. The van der Waals surface area contributed by atoms with Crippen LogP contribution in [0.4, 0.5) is 5.69 Å². The van der Waals surface area contributed by atoms with Crippen LogP contribution in [0, 0.1) is 6.92 Å². The number of hydrogen-bond acceptors (Lipinski definition) is 4. The van der Waals surface area contributed by atoms with Gasteiger partial charge in [-0.25, -0.2) is 0 Å². The van der Waals surface area contributed by atoms with E-state index in [0.29, 0.717) is 10.7 Å². The normalized spacial score (nSPS) is 10.4. The van der Waals surface area contributed by atoms with E-state index in [-0.39, 0.29) is 13.1 Å². The van der Waals surface area contributed by atoms with E-state index in [2.05, 4.69) is 5.32 Å². The number of carboxylic acids is 1. The van der Waals surface area contributed by atoms with Crippen LogP contribution in [-0.2, 0) is 14.4 Å². The average Bonchev–Trinajstić information content (AvgIpc) is 2.31. The molecule has 0 aliphatic heterocycles. The Labute approximate surface area is 126 Å². The van der Waals surface area contributed by atoms with Crippen LogP contribution in [0.25, 0.3) is 0 Å². The molecular formula is C13H16ClN3O4. The Kier molecular flexibility index (Phi) is 6.13. The molecule has 1 aromatic rings. The first-order valence-corrected chi connectivity index (χ1v) is 6.44. The van der Waals surface area contributed by atoms with E-state index in [0.717, 1.165) is 10.5 Å². The fraction of sp³-hybridized carbons (Fsp3) is 0.308. The zero-order valence-corrected chi connectivity index (χ0v) is 12.2. The Morgan fingerprint density at radius 1 is 1.29 bits per heavy atom. The van der Waals surface area contributed by atoms with E-state index in [4.69, 9.17) is 22.4 Å². The predicted molar refractivity (Wildman–Crippen MR) is 78.1 cm³/mol. The zero-order valence-electron chi connectivity index (χ0n) is 11.4. The summed E-state index contributed by atoms with van der Waals surface area (Å²) in [5, 5.41) is 11.8. The molecule has 8 heteroatoms. The number of aryl methyl sites for hydroxylation is 1. The summed E-state index contributed by atoms with van der Waals surface area (Å²) in [5.41, 5.74) is 6.36. The van der Waals surface area contributed by atoms with Gasteiger partial charge in [-0.05, 0) is 24.6 Å². The highest BCUT2D eigenvalue weighted by molar-refractivity contribution is 6.31. The van der Waals surface area contributed by atoms with Gasteiger partial charge >= 0.3 is 5.97 Å². The molecule has 0 bridgehead atoms. The van der Waals surface area contributed by atoms with E-state index in [1.165, 1.54) is 0 Å². The molecule has 0 aliphatic carbocycles. The Morgan fingerprint density at radius 2 is 1.95 bits per heavy atom. The summed E-state index contributed by atoms with van der Waals surface area (Å²) < 4.78 is 0. The monoisotopic (exact) mass is 313 g/mol. The van der Waals surface area contributed by atoms with Gasteiger partial charge in [0.2, 0.25) is 11.8 Å². The Balaban J connectivity index is 2.70. The van der Waals surface area contributed by atoms with Crippen LogP contribution < -0.4 is 11.1 Å². The number of primary amides is 1. The van der Waals surface area contributed by atoms with E-state index in [1.807, 2.05) is 0 Å². The van der Waals surface area contributed by atoms with E-state index in [1.54, 1.807) is 25.1 Å². The molecule has 1 rings (SSSR count). The number of nitrogens with one attached hydrogen (secondary N) is 1. The fourth-order valence-corrected chi connectivity index (χ4v) is 1.87. The highest BCUT2D eigenvalue weighted by Gasteiger charge is 2.16. The summed E-state index contributed by atoms with van der Waals surface area (Å²) in [6.45, 7) is 0.769. The minimum atomic E-state index is -1.15. The molecule has 0 unspecified atom stereocenters. The number of benzene rings is 1. The zero-order chi connectivity index (χ0) is 16.0. The molecule has 4 N–H and O–H groups in total. The summed E-state index contributed by atoms with van der Waals surface area (Å²) >= 11 is 5.84. The molecule has 0 heterocycles. The van der Waals surface area contributed by atoms with Crippen LogP contribution in [-0.4, -0.2) is 47.4 Å². The third kappa shape index (κ3) is 6.24. The number of nitrogens with two attached hydrogens (primary N) is 1. The van der Waals surface area contributed by atoms with Crippen molar-refractivity contribution in [3.63, 3.8) is 0 Å². The molecule has 0 aliphatic rings. The number of aliphatic carboxylic acids is 1. The number of carbonyl (C=O) groups excluding carboxylic acids is 2. The lowest BCUT2D eigenvalue weighted by Crippen LogP contribution is -2.41. The van der Waals surface area contributed by atoms with Crippen LogP contribution in [0.15, 0.2) is 18.2 Å². The topological polar surface area (TPSA) is 113 Å². The lowest BCUT2D eigenvalue weighted by Gasteiger charge is -2.18. The highest BCUT2D eigenvalue weighted by Crippen LogP contribution is 2.20. The standard InChI is InChI=1S/C13H16ClN3O4/c1-8-2-3-9(14)4-10(8)16-12(19)6-17(5-11(15)18)7-13(20)21/h2-4H,5-7H2,1H3,(H2,15,18)(H,16,19)(H,20,21). The van der Waals surface area contributed by atoms with Gasteiger partial charge in [0.1, 0.15) is 0 Å². The first-order chi connectivity index (χ1) is 9.77. The van der Waals surface area contributed by atoms with Crippen molar-refractivity contribution in [2.75, 3.05) is 25.0 Å². The molecule has 0 fully saturated rings. The molecule has 114 valence electrons. The molecule has 7 nitrogen and oxygen atoms in total. The van der Waals surface area contributed by atoms with Gasteiger partial charge in [0, 0.05) is 10.7 Å². The van der Waals surface area contributed by atoms with E-state index < -0.39 is 24.3 Å². The smallest absolute Gasteiger partial charge is 0.317 e. The summed E-state index contributed by atoms with van der Waals surface area (Å²) in [6.07, 6.45) is 0. The van der Waals surface area contributed by atoms with Gasteiger partial charge in [0.25, 0.3) is 0 Å². The molecule has 1 aromatic carbocycles. The second-order valence-corrected chi connectivity index (χ2v) is 4.95. The van der Waals surface area contributed by atoms with Gasteiger partial charge in [-0.15, -0.1) is 0 Å². The van der Waals surface area contributed by atoms with Gasteiger partial charge < -0.3 is 16.2 Å². The summed E-state index contributed by atoms with van der Waals surface area (Å²) in [7, 11) is 0. The second kappa shape index (κ2) is 7.61. The molecule has 0 saturated heterocycles. The quantitative estimate of drug-likeness (QED) is 0.677. The van der Waals surface area contributed by atoms with Crippen LogP contribution >= 0.6 is 11.6 Å². The highest BCUT2D eigenvalue weighted by atomic mass is 35.5. The molecule has 21 heavy (non-hydrogen) atoms. The maximum atomic E-state index is 11.9. The van der Waals surface area contributed by atoms with E-state index in [9.17, 15) is 14.4 Å². The number of amides is 2. The van der Waals surface area contributed by atoms with Crippen molar-refractivity contribution in [2.45, 2.75) is 6.92 Å². The minimum absolute atomic E-state index is 0.263. The Bertz CT molecular complexity index is 546. The number of anilines is 1. The molecule has 0 spiro atoms. The Hall–Kier alpha value is -2.12. The van der Waals surface area contributed by atoms with Crippen LogP contribution in [0.5, 0.6) is 0 Å². The largest absolute Gasteiger partial charge is 0.480 e. The average molecular weight is 314 g/mol. The third-order valence-electron chi connectivity index (χ3n) is 2.58. The van der Waals surface area contributed by atoms with Crippen LogP contribution in [0.2, 0.25) is 5.02 Å². The molecular weight excluding hydrogens is 298 g/mol. The van der Waals surface area contributed by atoms with Crippen molar-refractivity contribution in [2.24, 2.45) is 5.73 Å². The van der Waals surface area contributed by atoms with Crippen molar-refractivity contribution < 1.29 is 19.5 Å². The summed E-state index contributed by atoms with van der Waals surface area (Å²) in [5.74, 6) is -2.31. The first kappa shape index (κ1) is 16.9. The minimum Gasteiger partial charge on any atom is -0.480 e. The number of nitrogens with zero attached hydrogens (tertiary/aromatic N) is 1. The summed E-state index contributed by atoms with van der Waals surface area (Å²) in [4.78, 5) is 34.6. The van der Waals surface area contributed by atoms with Gasteiger partial charge in [0.15, 0.2) is 0 Å². The maximum absolute atomic E-state index is 11.9. The van der Waals surface area contributed by atoms with Crippen LogP contribution in [0.1, 0.15) is 5.56 Å². The van der Waals surface area contributed by atoms with Gasteiger partial charge in [-0.2, -0.15) is 0 Å². The Morgan fingerprint density at radius 3 is 2.52 bits per heavy atom. The number of carbonyl (C=O) groups is 3. The van der Waals surface area contributed by atoms with Gasteiger partial charge in [-0.3, -0.25) is 19.3 Å². The van der Waals surface area contributed by atoms with Crippen molar-refractivity contribution >= 4 is 35.1 Å². The molecule has 2 amide bonds. The molecule has 0 aromatic heterocycles. The van der Waals surface area contributed by atoms with Crippen molar-refractivity contribution in [1.82, 2.24) is 4.90 Å². The molecule has 0 radical (unpaired) electrons. The second-order valence-electron chi connectivity index (χ2n) is 4.51. The number of carboxylic acid groups (broad SMARTS) is 1. The molecule has 0 saturated carbocycles. The SMILES string of the molecule is Cc1ccc(Cl)cc1NC(=O)CN(CC(N)=O)CC(=O)O. The maximum Gasteiger partial charge on any atom is 0.317 e. The first-order valence-electron chi connectivity index (χ1n) is 6.06. The molecule has 0 atom stereocenters. The van der Waals surface area contributed by atoms with Crippen molar-refractivity contribution in [3.8, 4) is 0 Å². The van der Waals surface area contributed by atoms with Gasteiger partial charge in [-0.1, -0.05) is 17.7 Å². The van der Waals surface area contributed by atoms with Gasteiger partial charge in [0.05, 0.1) is 19.6 Å². The number of rotatable bonds is 7. The fourth-order valence-electron chi connectivity index (χ4n) is 1.70. The van der Waals surface area contributed by atoms with Crippen molar-refractivity contribution in [3.05, 3.63) is 28.8 Å². The van der Waals surface area contributed by atoms with Crippen LogP contribution in [0.3, 0.4) is 0 Å². The van der Waals surface area contributed by atoms with Crippen molar-refractivity contribution in [1.29, 1.82) is 0 Å². The lowest BCUT2D eigenvalue weighted by atomic mass is 10.2. The number of halogens is 1. The lowest BCUT2D eigenvalue weighted by molar-refractivity contribution is -0.138.